The van der Waals surface area contributed by atoms with Crippen LogP contribution in [-0.2, 0) is 0 Å². The number of hydrogen-bond donors (Lipinski definition) is 0. The zero-order chi connectivity index (χ0) is 12.6. The van der Waals surface area contributed by atoms with Gasteiger partial charge < -0.3 is 4.90 Å². The van der Waals surface area contributed by atoms with Gasteiger partial charge in [-0.1, -0.05) is 43.7 Å². The molecule has 2 heteroatoms. The van der Waals surface area contributed by atoms with Crippen LogP contribution in [-0.4, -0.2) is 49.1 Å². The predicted molar refractivity (Wildman–Crippen MR) is 76.6 cm³/mol. The molecule has 2 rings (SSSR count). The number of rotatable bonds is 6. The van der Waals surface area contributed by atoms with Crippen LogP contribution >= 0.6 is 0 Å². The average Bonchev–Trinajstić information content (AvgIpc) is 2.45. The molecule has 0 aliphatic carbocycles. The number of nitrogens with zero attached hydrogens (tertiary/aromatic N) is 2. The summed E-state index contributed by atoms with van der Waals surface area (Å²) in [6.07, 6.45) is 6.12. The summed E-state index contributed by atoms with van der Waals surface area (Å²) in [5, 5.41) is 0. The second-order valence-electron chi connectivity index (χ2n) is 5.01. The summed E-state index contributed by atoms with van der Waals surface area (Å²) in [5.74, 6) is 0. The number of hydrogen-bond acceptors (Lipinski definition) is 2. The highest BCUT2D eigenvalue weighted by Gasteiger charge is 2.15. The fourth-order valence-electron chi connectivity index (χ4n) is 2.31. The van der Waals surface area contributed by atoms with Gasteiger partial charge in [0.2, 0.25) is 0 Å². The molecule has 98 valence electrons. The van der Waals surface area contributed by atoms with E-state index in [1.54, 1.807) is 0 Å². The molecule has 1 saturated heterocycles. The first kappa shape index (κ1) is 13.6. The molecule has 0 bridgehead atoms. The summed E-state index contributed by atoms with van der Waals surface area (Å²) >= 11 is 0. The zero-order valence-electron chi connectivity index (χ0n) is 11.4. The van der Waals surface area contributed by atoms with E-state index in [1.165, 1.54) is 51.1 Å². The number of unbranched alkanes of at least 4 members (excludes halogenated alkanes) is 1. The van der Waals surface area contributed by atoms with Gasteiger partial charge in [-0.2, -0.15) is 0 Å². The molecule has 0 amide bonds. The van der Waals surface area contributed by atoms with Crippen LogP contribution in [0.4, 0.5) is 0 Å². The molecular formula is C16H24N2. The van der Waals surface area contributed by atoms with Gasteiger partial charge in [0.05, 0.1) is 0 Å². The summed E-state index contributed by atoms with van der Waals surface area (Å²) in [6.45, 7) is 9.31. The number of piperazine rings is 1. The molecule has 0 N–H and O–H groups in total. The third-order valence-electron chi connectivity index (χ3n) is 3.57. The molecular weight excluding hydrogens is 220 g/mol. The van der Waals surface area contributed by atoms with Gasteiger partial charge in [-0.25, -0.2) is 0 Å². The van der Waals surface area contributed by atoms with Crippen LogP contribution in [0, 0.1) is 6.42 Å². The molecule has 2 nitrogen and oxygen atoms in total. The number of benzene rings is 1. The topological polar surface area (TPSA) is 6.48 Å². The molecule has 1 aromatic carbocycles. The van der Waals surface area contributed by atoms with E-state index in [0.717, 1.165) is 6.54 Å². The Kier molecular flexibility index (Phi) is 5.69. The summed E-state index contributed by atoms with van der Waals surface area (Å²) in [4.78, 5) is 5.08. The van der Waals surface area contributed by atoms with Gasteiger partial charge in [-0.15, -0.1) is 0 Å². The van der Waals surface area contributed by atoms with Gasteiger partial charge >= 0.3 is 0 Å². The van der Waals surface area contributed by atoms with E-state index >= 15 is 0 Å². The van der Waals surface area contributed by atoms with Crippen molar-refractivity contribution in [3.05, 3.63) is 42.3 Å². The Hall–Kier alpha value is -0.860. The van der Waals surface area contributed by atoms with Crippen LogP contribution < -0.4 is 0 Å². The molecule has 0 saturated carbocycles. The van der Waals surface area contributed by atoms with Gasteiger partial charge in [0, 0.05) is 39.1 Å². The lowest BCUT2D eigenvalue weighted by atomic mass is 10.1. The Morgan fingerprint density at radius 2 is 1.67 bits per heavy atom. The maximum Gasteiger partial charge on any atom is 0.0317 e. The molecule has 1 aromatic rings. The quantitative estimate of drug-likeness (QED) is 0.759. The van der Waals surface area contributed by atoms with E-state index in [0.29, 0.717) is 0 Å². The largest absolute Gasteiger partial charge is 0.301 e. The third-order valence-corrected chi connectivity index (χ3v) is 3.57. The molecule has 0 atom stereocenters. The summed E-state index contributed by atoms with van der Waals surface area (Å²) < 4.78 is 0. The monoisotopic (exact) mass is 244 g/mol. The fourth-order valence-corrected chi connectivity index (χ4v) is 2.31. The van der Waals surface area contributed by atoms with Gasteiger partial charge in [-0.05, 0) is 18.5 Å². The van der Waals surface area contributed by atoms with Gasteiger partial charge in [-0.3, -0.25) is 4.90 Å². The molecule has 2 radical (unpaired) electrons. The van der Waals surface area contributed by atoms with Gasteiger partial charge in [0.15, 0.2) is 0 Å². The highest BCUT2D eigenvalue weighted by molar-refractivity contribution is 5.22. The van der Waals surface area contributed by atoms with Crippen molar-refractivity contribution in [3.63, 3.8) is 0 Å². The maximum atomic E-state index is 3.48. The first-order valence-corrected chi connectivity index (χ1v) is 7.12. The highest BCUT2D eigenvalue weighted by Crippen LogP contribution is 2.07. The minimum absolute atomic E-state index is 0.964. The van der Waals surface area contributed by atoms with E-state index in [2.05, 4.69) is 53.5 Å². The van der Waals surface area contributed by atoms with Crippen molar-refractivity contribution >= 4 is 0 Å². The lowest BCUT2D eigenvalue weighted by molar-refractivity contribution is 0.139. The Balaban J connectivity index is 1.65. The Morgan fingerprint density at radius 3 is 2.33 bits per heavy atom. The molecule has 0 spiro atoms. The SMILES string of the molecule is CCCCN1CCN(C[C]c2ccccc2)CC1. The summed E-state index contributed by atoms with van der Waals surface area (Å²) in [6, 6.07) is 10.4. The van der Waals surface area contributed by atoms with Crippen molar-refractivity contribution in [2.24, 2.45) is 0 Å². The molecule has 0 aromatic heterocycles. The van der Waals surface area contributed by atoms with E-state index in [1.807, 2.05) is 0 Å². The van der Waals surface area contributed by atoms with Crippen molar-refractivity contribution in [1.29, 1.82) is 0 Å². The van der Waals surface area contributed by atoms with Crippen LogP contribution in [0.15, 0.2) is 30.3 Å². The van der Waals surface area contributed by atoms with Crippen molar-refractivity contribution < 1.29 is 0 Å². The van der Waals surface area contributed by atoms with Crippen LogP contribution in [0.1, 0.15) is 25.3 Å². The lowest BCUT2D eigenvalue weighted by Gasteiger charge is -2.34. The Morgan fingerprint density at radius 1 is 1.00 bits per heavy atom. The molecule has 1 aliphatic rings. The van der Waals surface area contributed by atoms with Crippen molar-refractivity contribution in [2.45, 2.75) is 19.8 Å². The van der Waals surface area contributed by atoms with Crippen molar-refractivity contribution in [3.8, 4) is 0 Å². The molecule has 1 heterocycles. The van der Waals surface area contributed by atoms with Crippen molar-refractivity contribution in [1.82, 2.24) is 9.80 Å². The average molecular weight is 244 g/mol. The van der Waals surface area contributed by atoms with E-state index in [4.69, 9.17) is 0 Å². The van der Waals surface area contributed by atoms with Crippen LogP contribution in [0.5, 0.6) is 0 Å². The van der Waals surface area contributed by atoms with Crippen LogP contribution in [0.3, 0.4) is 0 Å². The Bertz CT molecular complexity index is 315. The second kappa shape index (κ2) is 7.55. The van der Waals surface area contributed by atoms with Crippen molar-refractivity contribution in [2.75, 3.05) is 39.3 Å². The lowest BCUT2D eigenvalue weighted by Crippen LogP contribution is -2.46. The van der Waals surface area contributed by atoms with E-state index < -0.39 is 0 Å². The molecule has 1 aliphatic heterocycles. The third kappa shape index (κ3) is 4.43. The van der Waals surface area contributed by atoms with Gasteiger partial charge in [0.1, 0.15) is 0 Å². The maximum absolute atomic E-state index is 3.48. The van der Waals surface area contributed by atoms with Gasteiger partial charge in [0.25, 0.3) is 0 Å². The normalized spacial score (nSPS) is 18.1. The first-order valence-electron chi connectivity index (χ1n) is 7.12. The molecule has 18 heavy (non-hydrogen) atoms. The Labute approximate surface area is 112 Å². The highest BCUT2D eigenvalue weighted by atomic mass is 15.3. The zero-order valence-corrected chi connectivity index (χ0v) is 11.4. The molecule has 0 unspecified atom stereocenters. The minimum Gasteiger partial charge on any atom is -0.301 e. The van der Waals surface area contributed by atoms with Crippen LogP contribution in [0.2, 0.25) is 0 Å². The molecule has 1 fully saturated rings. The minimum atomic E-state index is 0.964. The standard InChI is InChI=1S/C16H24N2/c1-2-3-10-17-12-14-18(15-13-17)11-9-16-7-5-4-6-8-16/h4-8H,2-3,10-15H2,1H3. The smallest absolute Gasteiger partial charge is 0.0317 e. The van der Waals surface area contributed by atoms with E-state index in [9.17, 15) is 0 Å². The fraction of sp³-hybridized carbons (Fsp3) is 0.562. The second-order valence-corrected chi connectivity index (χ2v) is 5.01. The summed E-state index contributed by atoms with van der Waals surface area (Å²) in [5.41, 5.74) is 1.21. The summed E-state index contributed by atoms with van der Waals surface area (Å²) in [7, 11) is 0. The predicted octanol–water partition coefficient (Wildman–Crippen LogP) is 2.53. The first-order chi connectivity index (χ1) is 8.88. The van der Waals surface area contributed by atoms with Crippen LogP contribution in [0.25, 0.3) is 0 Å². The van der Waals surface area contributed by atoms with E-state index in [-0.39, 0.29) is 0 Å².